The molecule has 1 saturated carbocycles. The number of amides is 1. The maximum atomic E-state index is 13.6. The molecular weight excluding hydrogens is 683 g/mol. The SMILES string of the molecule is CCOC(=O)C(=O)C=C(O)c1ccc(COCCOCCNS(=O)(=O)Cc2cc3oc(-c4ccc(F)cc4)c(C(=O)NC)c3cc2C2CC2)cc1. The molecule has 0 saturated heterocycles. The van der Waals surface area contributed by atoms with Crippen molar-refractivity contribution in [2.24, 2.45) is 0 Å². The van der Waals surface area contributed by atoms with Crippen molar-refractivity contribution in [3.8, 4) is 11.3 Å². The van der Waals surface area contributed by atoms with Gasteiger partial charge >= 0.3 is 5.97 Å². The summed E-state index contributed by atoms with van der Waals surface area (Å²) in [6.45, 7) is 2.53. The Morgan fingerprint density at radius 3 is 2.37 bits per heavy atom. The fourth-order valence-electron chi connectivity index (χ4n) is 5.43. The second kappa shape index (κ2) is 16.9. The molecule has 0 atom stereocenters. The molecule has 12 nitrogen and oxygen atoms in total. The molecule has 14 heteroatoms. The van der Waals surface area contributed by atoms with Crippen LogP contribution >= 0.6 is 0 Å². The molecule has 0 radical (unpaired) electrons. The first-order valence-corrected chi connectivity index (χ1v) is 18.1. The van der Waals surface area contributed by atoms with Gasteiger partial charge in [0.1, 0.15) is 22.9 Å². The highest BCUT2D eigenvalue weighted by Crippen LogP contribution is 2.45. The summed E-state index contributed by atoms with van der Waals surface area (Å²) in [5.74, 6) is -2.97. The smallest absolute Gasteiger partial charge is 0.379 e. The highest BCUT2D eigenvalue weighted by Gasteiger charge is 2.31. The normalized spacial score (nSPS) is 13.4. The first-order valence-electron chi connectivity index (χ1n) is 16.4. The lowest BCUT2D eigenvalue weighted by Crippen LogP contribution is -2.29. The van der Waals surface area contributed by atoms with Gasteiger partial charge in [0, 0.05) is 36.2 Å². The van der Waals surface area contributed by atoms with E-state index in [1.807, 2.05) is 6.07 Å². The molecule has 3 N–H and O–H groups in total. The number of aliphatic hydroxyl groups is 1. The van der Waals surface area contributed by atoms with Crippen LogP contribution in [0.4, 0.5) is 4.39 Å². The third-order valence-corrected chi connectivity index (χ3v) is 9.41. The molecule has 0 bridgehead atoms. The van der Waals surface area contributed by atoms with Gasteiger partial charge in [-0.25, -0.2) is 22.3 Å². The first kappa shape index (κ1) is 37.4. The lowest BCUT2D eigenvalue weighted by atomic mass is 9.98. The van der Waals surface area contributed by atoms with E-state index in [0.717, 1.165) is 30.0 Å². The molecule has 0 spiro atoms. The Balaban J connectivity index is 1.11. The zero-order valence-corrected chi connectivity index (χ0v) is 29.0. The Labute approximate surface area is 294 Å². The van der Waals surface area contributed by atoms with Crippen molar-refractivity contribution in [1.29, 1.82) is 0 Å². The summed E-state index contributed by atoms with van der Waals surface area (Å²) in [6, 6.07) is 15.7. The number of ketones is 1. The number of benzene rings is 3. The maximum absolute atomic E-state index is 13.6. The Bertz CT molecular complexity index is 2020. The van der Waals surface area contributed by atoms with Crippen molar-refractivity contribution < 1.29 is 50.9 Å². The number of sulfonamides is 1. The van der Waals surface area contributed by atoms with Crippen molar-refractivity contribution in [2.45, 2.75) is 38.0 Å². The standard InChI is InChI=1S/C37H39FN2O10S/c1-3-49-37(44)32(42)20-31(41)25-6-4-23(5-7-25)21-48-17-16-47-15-14-40-51(45,46)22-27-18-33-30(19-29(27)24-8-9-24)34(36(43)39-2)35(50-33)26-10-12-28(38)13-11-26/h4-7,10-13,18-20,24,40-41H,3,8-9,14-17,21-22H2,1-2H3,(H,39,43). The molecule has 4 aromatic rings. The lowest BCUT2D eigenvalue weighted by Gasteiger charge is -2.12. The molecule has 0 aliphatic heterocycles. The number of carbonyl (C=O) groups excluding carboxylic acids is 3. The number of furan rings is 1. The quantitative estimate of drug-likeness (QED) is 0.0410. The minimum atomic E-state index is -3.76. The number of ether oxygens (including phenoxy) is 3. The molecule has 1 aliphatic rings. The predicted molar refractivity (Wildman–Crippen MR) is 187 cm³/mol. The Hall–Kier alpha value is -4.89. The maximum Gasteiger partial charge on any atom is 0.379 e. The van der Waals surface area contributed by atoms with Crippen molar-refractivity contribution in [1.82, 2.24) is 10.0 Å². The zero-order chi connectivity index (χ0) is 36.5. The van der Waals surface area contributed by atoms with Gasteiger partial charge in [-0.2, -0.15) is 0 Å². The molecule has 5 rings (SSSR count). The summed E-state index contributed by atoms with van der Waals surface area (Å²) in [7, 11) is -2.24. The van der Waals surface area contributed by atoms with Gasteiger partial charge in [0.2, 0.25) is 10.0 Å². The largest absolute Gasteiger partial charge is 0.507 e. The van der Waals surface area contributed by atoms with E-state index in [4.69, 9.17) is 13.9 Å². The van der Waals surface area contributed by atoms with E-state index in [2.05, 4.69) is 14.8 Å². The van der Waals surface area contributed by atoms with E-state index in [1.165, 1.54) is 31.3 Å². The molecule has 3 aromatic carbocycles. The van der Waals surface area contributed by atoms with Gasteiger partial charge < -0.3 is 29.1 Å². The number of esters is 1. The molecular formula is C37H39FN2O10S. The highest BCUT2D eigenvalue weighted by atomic mass is 32.2. The van der Waals surface area contributed by atoms with Crippen molar-refractivity contribution in [3.05, 3.63) is 100 Å². The van der Waals surface area contributed by atoms with Gasteiger partial charge in [0.05, 0.1) is 44.4 Å². The molecule has 1 amide bonds. The summed E-state index contributed by atoms with van der Waals surface area (Å²) in [5, 5.41) is 13.3. The molecule has 1 fully saturated rings. The summed E-state index contributed by atoms with van der Waals surface area (Å²) in [6.07, 6.45) is 2.63. The summed E-state index contributed by atoms with van der Waals surface area (Å²) in [5.41, 5.74) is 3.77. The van der Waals surface area contributed by atoms with E-state index < -0.39 is 27.6 Å². The number of hydrogen-bond donors (Lipinski definition) is 3. The molecule has 1 aliphatic carbocycles. The number of rotatable bonds is 18. The van der Waals surface area contributed by atoms with Crippen LogP contribution in [0.3, 0.4) is 0 Å². The summed E-state index contributed by atoms with van der Waals surface area (Å²) < 4.78 is 64.2. The van der Waals surface area contributed by atoms with E-state index in [9.17, 15) is 32.3 Å². The van der Waals surface area contributed by atoms with Gasteiger partial charge in [-0.1, -0.05) is 24.3 Å². The first-order chi connectivity index (χ1) is 24.5. The van der Waals surface area contributed by atoms with Crippen LogP contribution < -0.4 is 10.0 Å². The zero-order valence-electron chi connectivity index (χ0n) is 28.2. The number of halogens is 1. The number of fused-ring (bicyclic) bond motifs is 1. The third kappa shape index (κ3) is 9.88. The van der Waals surface area contributed by atoms with E-state index in [1.54, 1.807) is 37.3 Å². The second-order valence-corrected chi connectivity index (χ2v) is 13.7. The third-order valence-electron chi connectivity index (χ3n) is 8.08. The predicted octanol–water partition coefficient (Wildman–Crippen LogP) is 5.16. The van der Waals surface area contributed by atoms with Crippen LogP contribution in [0.1, 0.15) is 58.3 Å². The van der Waals surface area contributed by atoms with Gasteiger partial charge in [0.25, 0.3) is 11.7 Å². The fourth-order valence-corrected chi connectivity index (χ4v) is 6.59. The van der Waals surface area contributed by atoms with Crippen LogP contribution in [0.2, 0.25) is 0 Å². The van der Waals surface area contributed by atoms with E-state index in [-0.39, 0.29) is 68.7 Å². The molecule has 270 valence electrons. The van der Waals surface area contributed by atoms with E-state index in [0.29, 0.717) is 33.2 Å². The second-order valence-electron chi connectivity index (χ2n) is 11.8. The van der Waals surface area contributed by atoms with Crippen molar-refractivity contribution in [2.75, 3.05) is 40.0 Å². The Kier molecular flexibility index (Phi) is 12.4. The summed E-state index contributed by atoms with van der Waals surface area (Å²) in [4.78, 5) is 36.1. The van der Waals surface area contributed by atoms with Crippen LogP contribution in [0.25, 0.3) is 28.1 Å². The van der Waals surface area contributed by atoms with Crippen LogP contribution in [-0.2, 0) is 46.2 Å². The summed E-state index contributed by atoms with van der Waals surface area (Å²) >= 11 is 0. The minimum Gasteiger partial charge on any atom is -0.507 e. The monoisotopic (exact) mass is 722 g/mol. The average molecular weight is 723 g/mol. The number of carbonyl (C=O) groups is 3. The van der Waals surface area contributed by atoms with Gasteiger partial charge in [0.15, 0.2) is 0 Å². The Morgan fingerprint density at radius 2 is 1.71 bits per heavy atom. The number of aliphatic hydroxyl groups excluding tert-OH is 1. The minimum absolute atomic E-state index is 0.0523. The number of hydrogen-bond acceptors (Lipinski definition) is 10. The molecule has 0 unspecified atom stereocenters. The number of nitrogens with one attached hydrogen (secondary N) is 2. The topological polar surface area (TPSA) is 170 Å². The van der Waals surface area contributed by atoms with Crippen molar-refractivity contribution >= 4 is 44.4 Å². The van der Waals surface area contributed by atoms with Gasteiger partial charge in [-0.15, -0.1) is 0 Å². The fraction of sp³-hybridized carbons (Fsp3) is 0.324. The van der Waals surface area contributed by atoms with Crippen LogP contribution in [0, 0.1) is 5.82 Å². The lowest BCUT2D eigenvalue weighted by molar-refractivity contribution is -0.151. The molecule has 1 aromatic heterocycles. The van der Waals surface area contributed by atoms with Gasteiger partial charge in [-0.3, -0.25) is 9.59 Å². The van der Waals surface area contributed by atoms with Crippen LogP contribution in [-0.4, -0.2) is 71.2 Å². The Morgan fingerprint density at radius 1 is 1.00 bits per heavy atom. The van der Waals surface area contributed by atoms with Crippen LogP contribution in [0.5, 0.6) is 0 Å². The van der Waals surface area contributed by atoms with Gasteiger partial charge in [-0.05, 0) is 78.8 Å². The molecule has 1 heterocycles. The average Bonchev–Trinajstić information content (AvgIpc) is 3.89. The van der Waals surface area contributed by atoms with Crippen LogP contribution in [0.15, 0.2) is 71.2 Å². The van der Waals surface area contributed by atoms with Crippen molar-refractivity contribution in [3.63, 3.8) is 0 Å². The molecule has 51 heavy (non-hydrogen) atoms. The van der Waals surface area contributed by atoms with E-state index >= 15 is 0 Å². The highest BCUT2D eigenvalue weighted by molar-refractivity contribution is 7.88.